The van der Waals surface area contributed by atoms with Crippen molar-refractivity contribution in [2.75, 3.05) is 19.0 Å². The van der Waals surface area contributed by atoms with Crippen LogP contribution < -0.4 is 0 Å². The molecule has 1 heterocycles. The van der Waals surface area contributed by atoms with Crippen LogP contribution in [0.3, 0.4) is 0 Å². The number of thiol groups is 1. The van der Waals surface area contributed by atoms with Gasteiger partial charge in [-0.3, -0.25) is 9.05 Å². The van der Waals surface area contributed by atoms with Crippen molar-refractivity contribution in [3.8, 4) is 0 Å². The molecule has 0 N–H and O–H groups in total. The van der Waals surface area contributed by atoms with Gasteiger partial charge in [0, 0.05) is 0 Å². The summed E-state index contributed by atoms with van der Waals surface area (Å²) in [7, 11) is -3.94. The summed E-state index contributed by atoms with van der Waals surface area (Å²) in [4.78, 5) is 0. The Morgan fingerprint density at radius 2 is 1.95 bits per heavy atom. The molecule has 0 aromatic carbocycles. The van der Waals surface area contributed by atoms with Gasteiger partial charge in [-0.1, -0.05) is 39.2 Å². The molecule has 0 bridgehead atoms. The van der Waals surface area contributed by atoms with E-state index in [1.807, 2.05) is 12.2 Å². The zero-order chi connectivity index (χ0) is 14.8. The van der Waals surface area contributed by atoms with Crippen LogP contribution in [-0.4, -0.2) is 19.0 Å². The molecule has 6 heteroatoms. The minimum atomic E-state index is -3.46. The van der Waals surface area contributed by atoms with E-state index in [1.165, 1.54) is 12.8 Å². The van der Waals surface area contributed by atoms with Crippen LogP contribution in [0.25, 0.3) is 0 Å². The molecule has 118 valence electrons. The molecule has 1 rings (SSSR count). The SMILES string of the molecule is CCCCCCOP(=O)(OCC)OC1=CC=C[SH]1CC. The average molecular weight is 322 g/mol. The summed E-state index contributed by atoms with van der Waals surface area (Å²) < 4.78 is 28.8. The first kappa shape index (κ1) is 17.8. The molecule has 0 spiro atoms. The lowest BCUT2D eigenvalue weighted by atomic mass is 10.2. The van der Waals surface area contributed by atoms with E-state index in [1.54, 1.807) is 6.92 Å². The van der Waals surface area contributed by atoms with Gasteiger partial charge in [-0.05, 0) is 30.6 Å². The summed E-state index contributed by atoms with van der Waals surface area (Å²) in [5, 5.41) is 2.84. The van der Waals surface area contributed by atoms with E-state index in [-0.39, 0.29) is 0 Å². The Bertz CT molecular complexity index is 381. The Morgan fingerprint density at radius 1 is 1.15 bits per heavy atom. The minimum Gasteiger partial charge on any atom is -0.398 e. The van der Waals surface area contributed by atoms with Gasteiger partial charge in [0.15, 0.2) is 0 Å². The summed E-state index contributed by atoms with van der Waals surface area (Å²) >= 11 is 0. The first-order valence-electron chi connectivity index (χ1n) is 7.39. The molecule has 20 heavy (non-hydrogen) atoms. The number of hydrogen-bond donors (Lipinski definition) is 1. The molecule has 0 aliphatic carbocycles. The van der Waals surface area contributed by atoms with Gasteiger partial charge in [0.1, 0.15) is 5.09 Å². The Kier molecular flexibility index (Phi) is 8.62. The van der Waals surface area contributed by atoms with E-state index < -0.39 is 18.7 Å². The Labute approximate surface area is 125 Å². The van der Waals surface area contributed by atoms with E-state index in [0.717, 1.165) is 23.7 Å². The largest absolute Gasteiger partial charge is 0.530 e. The van der Waals surface area contributed by atoms with Crippen molar-refractivity contribution in [3.63, 3.8) is 0 Å². The zero-order valence-corrected chi connectivity index (χ0v) is 14.5. The van der Waals surface area contributed by atoms with Crippen LogP contribution in [-0.2, 0) is 18.1 Å². The van der Waals surface area contributed by atoms with Crippen molar-refractivity contribution in [2.24, 2.45) is 0 Å². The van der Waals surface area contributed by atoms with Crippen molar-refractivity contribution in [1.82, 2.24) is 0 Å². The van der Waals surface area contributed by atoms with E-state index in [0.29, 0.717) is 13.2 Å². The maximum atomic E-state index is 12.5. The van der Waals surface area contributed by atoms with Crippen LogP contribution in [0.2, 0.25) is 0 Å². The average Bonchev–Trinajstić information content (AvgIpc) is 2.85. The number of allylic oxidation sites excluding steroid dienone is 2. The summed E-state index contributed by atoms with van der Waals surface area (Å²) in [6.07, 6.45) is 8.10. The first-order valence-corrected chi connectivity index (χ1v) is 10.4. The lowest BCUT2D eigenvalue weighted by Crippen LogP contribution is -2.02. The highest BCUT2D eigenvalue weighted by Gasteiger charge is 2.30. The monoisotopic (exact) mass is 322 g/mol. The summed E-state index contributed by atoms with van der Waals surface area (Å²) in [5.74, 6) is 0.973. The maximum Gasteiger partial charge on any atom is 0.530 e. The van der Waals surface area contributed by atoms with Crippen molar-refractivity contribution in [1.29, 1.82) is 0 Å². The molecule has 0 aromatic heterocycles. The standard InChI is InChI=1S/C14H27O4PS/c1-4-7-8-9-12-17-19(15,16-5-2)18-14-11-10-13-20(14)6-3/h10-11,13,20H,4-9,12H2,1-3H3. The highest BCUT2D eigenvalue weighted by molar-refractivity contribution is 8.23. The minimum absolute atomic E-state index is 0.316. The highest BCUT2D eigenvalue weighted by atomic mass is 32.2. The van der Waals surface area contributed by atoms with Gasteiger partial charge in [0.05, 0.1) is 13.2 Å². The van der Waals surface area contributed by atoms with Crippen LogP contribution in [0.5, 0.6) is 0 Å². The van der Waals surface area contributed by atoms with Gasteiger partial charge in [-0.25, -0.2) is 4.57 Å². The van der Waals surface area contributed by atoms with Crippen molar-refractivity contribution in [2.45, 2.75) is 46.5 Å². The quantitative estimate of drug-likeness (QED) is 0.325. The number of hydrogen-bond acceptors (Lipinski definition) is 4. The third-order valence-corrected chi connectivity index (χ3v) is 6.53. The van der Waals surface area contributed by atoms with E-state index in [4.69, 9.17) is 13.6 Å². The second kappa shape index (κ2) is 9.67. The number of phosphoric acid groups is 1. The molecule has 0 fully saturated rings. The molecule has 0 amide bonds. The smallest absolute Gasteiger partial charge is 0.398 e. The number of unbranched alkanes of at least 4 members (excludes halogenated alkanes) is 3. The molecular formula is C14H27O4PS. The summed E-state index contributed by atoms with van der Waals surface area (Å²) in [6, 6.07) is 0. The molecule has 0 saturated heterocycles. The van der Waals surface area contributed by atoms with Gasteiger partial charge >= 0.3 is 7.82 Å². The van der Waals surface area contributed by atoms with Crippen LogP contribution in [0.1, 0.15) is 46.5 Å². The lowest BCUT2D eigenvalue weighted by molar-refractivity contribution is 0.143. The van der Waals surface area contributed by atoms with E-state index >= 15 is 0 Å². The van der Waals surface area contributed by atoms with Gasteiger partial charge < -0.3 is 4.52 Å². The Balaban J connectivity index is 2.47. The van der Waals surface area contributed by atoms with Crippen molar-refractivity contribution < 1.29 is 18.1 Å². The molecule has 1 aliphatic rings. The highest BCUT2D eigenvalue weighted by Crippen LogP contribution is 2.56. The van der Waals surface area contributed by atoms with E-state index in [2.05, 4.69) is 19.3 Å². The third kappa shape index (κ3) is 6.04. The Morgan fingerprint density at radius 3 is 2.60 bits per heavy atom. The fourth-order valence-corrected chi connectivity index (χ4v) is 4.91. The van der Waals surface area contributed by atoms with E-state index in [9.17, 15) is 4.57 Å². The van der Waals surface area contributed by atoms with Gasteiger partial charge in [0.25, 0.3) is 0 Å². The van der Waals surface area contributed by atoms with Crippen LogP contribution in [0.4, 0.5) is 0 Å². The lowest BCUT2D eigenvalue weighted by Gasteiger charge is -2.22. The molecular weight excluding hydrogens is 295 g/mol. The predicted octanol–water partition coefficient (Wildman–Crippen LogP) is 5.13. The number of rotatable bonds is 11. The first-order chi connectivity index (χ1) is 9.65. The normalized spacial score (nSPS) is 22.6. The molecule has 0 radical (unpaired) electrons. The van der Waals surface area contributed by atoms with Crippen molar-refractivity contribution in [3.05, 3.63) is 22.7 Å². The van der Waals surface area contributed by atoms with Crippen LogP contribution in [0, 0.1) is 0 Å². The molecule has 0 aromatic rings. The molecule has 2 unspecified atom stereocenters. The Hall–Kier alpha value is -0.220. The van der Waals surface area contributed by atoms with Gasteiger partial charge in [-0.2, -0.15) is 10.9 Å². The zero-order valence-electron chi connectivity index (χ0n) is 12.7. The second-order valence-electron chi connectivity index (χ2n) is 4.48. The fourth-order valence-electron chi connectivity index (χ4n) is 1.81. The van der Waals surface area contributed by atoms with Crippen molar-refractivity contribution >= 4 is 18.7 Å². The molecule has 4 nitrogen and oxygen atoms in total. The maximum absolute atomic E-state index is 12.5. The summed E-state index contributed by atoms with van der Waals surface area (Å²) in [5.41, 5.74) is 0. The van der Waals surface area contributed by atoms with Gasteiger partial charge in [-0.15, -0.1) is 0 Å². The van der Waals surface area contributed by atoms with Crippen LogP contribution in [0.15, 0.2) is 22.7 Å². The summed E-state index contributed by atoms with van der Waals surface area (Å²) in [6.45, 7) is 6.77. The predicted molar refractivity (Wildman–Crippen MR) is 87.2 cm³/mol. The molecule has 2 atom stereocenters. The third-order valence-electron chi connectivity index (χ3n) is 2.87. The second-order valence-corrected chi connectivity index (χ2v) is 8.39. The number of phosphoric ester groups is 1. The fraction of sp³-hybridized carbons (Fsp3) is 0.714. The topological polar surface area (TPSA) is 44.8 Å². The molecule has 1 aliphatic heterocycles. The molecule has 0 saturated carbocycles. The van der Waals surface area contributed by atoms with Crippen LogP contribution >= 0.6 is 18.7 Å². The van der Waals surface area contributed by atoms with Gasteiger partial charge in [0.2, 0.25) is 0 Å².